The summed E-state index contributed by atoms with van der Waals surface area (Å²) in [5.41, 5.74) is 1.43. The van der Waals surface area contributed by atoms with E-state index in [1.54, 1.807) is 0 Å². The van der Waals surface area contributed by atoms with Gasteiger partial charge in [-0.05, 0) is 26.2 Å². The van der Waals surface area contributed by atoms with Crippen molar-refractivity contribution in [2.45, 2.75) is 52.5 Å². The van der Waals surface area contributed by atoms with Crippen LogP contribution in [0.5, 0.6) is 0 Å². The number of carbonyl (C=O) groups excluding carboxylic acids is 1. The Morgan fingerprint density at radius 2 is 2.24 bits per heavy atom. The average Bonchev–Trinajstić information content (AvgIpc) is 2.77. The Morgan fingerprint density at radius 3 is 2.88 bits per heavy atom. The van der Waals surface area contributed by atoms with Crippen molar-refractivity contribution >= 4 is 5.91 Å². The highest BCUT2D eigenvalue weighted by Crippen LogP contribution is 2.36. The smallest absolute Gasteiger partial charge is 0.237 e. The number of allylic oxidation sites excluding steroid dienone is 1. The number of fused-ring (bicyclic) bond motifs is 1. The van der Waals surface area contributed by atoms with Gasteiger partial charge in [0, 0.05) is 18.5 Å². The van der Waals surface area contributed by atoms with Gasteiger partial charge in [0.15, 0.2) is 0 Å². The van der Waals surface area contributed by atoms with E-state index in [-0.39, 0.29) is 12.3 Å². The number of rotatable bonds is 1. The molecule has 0 aromatic heterocycles. The molecule has 1 heterocycles. The molecule has 17 heavy (non-hydrogen) atoms. The van der Waals surface area contributed by atoms with E-state index >= 15 is 0 Å². The lowest BCUT2D eigenvalue weighted by Gasteiger charge is -2.30. The van der Waals surface area contributed by atoms with Crippen LogP contribution in [-0.4, -0.2) is 23.4 Å². The van der Waals surface area contributed by atoms with Gasteiger partial charge in [-0.15, -0.1) is 0 Å². The zero-order valence-electron chi connectivity index (χ0n) is 11.1. The zero-order chi connectivity index (χ0) is 12.8. The molecule has 0 bridgehead atoms. The minimum absolute atomic E-state index is 0.0136. The van der Waals surface area contributed by atoms with Gasteiger partial charge in [0.25, 0.3) is 0 Å². The summed E-state index contributed by atoms with van der Waals surface area (Å²) in [6, 6.07) is 2.32. The van der Waals surface area contributed by atoms with Gasteiger partial charge in [0.05, 0.1) is 6.07 Å². The summed E-state index contributed by atoms with van der Waals surface area (Å²) in [7, 11) is 0. The molecular formula is C14H22N2O. The van der Waals surface area contributed by atoms with Crippen LogP contribution in [0.15, 0.2) is 11.6 Å². The van der Waals surface area contributed by atoms with Gasteiger partial charge < -0.3 is 4.90 Å². The lowest BCUT2D eigenvalue weighted by molar-refractivity contribution is -0.131. The van der Waals surface area contributed by atoms with Gasteiger partial charge in [-0.2, -0.15) is 5.26 Å². The first kappa shape index (κ1) is 13.8. The largest absolute Gasteiger partial charge is 0.338 e. The summed E-state index contributed by atoms with van der Waals surface area (Å²) in [4.78, 5) is 13.6. The molecule has 3 heteroatoms. The van der Waals surface area contributed by atoms with Crippen LogP contribution in [0.4, 0.5) is 0 Å². The van der Waals surface area contributed by atoms with E-state index in [4.69, 9.17) is 5.26 Å². The van der Waals surface area contributed by atoms with E-state index in [2.05, 4.69) is 13.0 Å². The van der Waals surface area contributed by atoms with Crippen LogP contribution in [0.3, 0.4) is 0 Å². The number of carbonyl (C=O) groups is 1. The van der Waals surface area contributed by atoms with Crippen molar-refractivity contribution in [2.24, 2.45) is 5.92 Å². The second kappa shape index (κ2) is 6.44. The molecule has 2 rings (SSSR count). The fourth-order valence-corrected chi connectivity index (χ4v) is 2.85. The van der Waals surface area contributed by atoms with Gasteiger partial charge in [0.2, 0.25) is 5.91 Å². The molecule has 0 saturated carbocycles. The average molecular weight is 234 g/mol. The van der Waals surface area contributed by atoms with Crippen molar-refractivity contribution in [3.63, 3.8) is 0 Å². The van der Waals surface area contributed by atoms with E-state index < -0.39 is 0 Å². The zero-order valence-corrected chi connectivity index (χ0v) is 11.1. The number of hydrogen-bond acceptors (Lipinski definition) is 2. The van der Waals surface area contributed by atoms with Crippen molar-refractivity contribution in [2.75, 3.05) is 6.54 Å². The number of likely N-dealkylation sites (tertiary alicyclic amines) is 1. The molecule has 3 nitrogen and oxygen atoms in total. The second-order valence-corrected chi connectivity index (χ2v) is 4.41. The highest BCUT2D eigenvalue weighted by molar-refractivity contribution is 5.79. The van der Waals surface area contributed by atoms with Gasteiger partial charge in [-0.25, -0.2) is 0 Å². The minimum atomic E-state index is 0.0136. The normalized spacial score (nSPS) is 26.2. The first-order chi connectivity index (χ1) is 8.24. The molecular weight excluding hydrogens is 212 g/mol. The van der Waals surface area contributed by atoms with Crippen molar-refractivity contribution in [3.05, 3.63) is 11.6 Å². The third kappa shape index (κ3) is 2.88. The second-order valence-electron chi connectivity index (χ2n) is 4.41. The van der Waals surface area contributed by atoms with Gasteiger partial charge >= 0.3 is 0 Å². The topological polar surface area (TPSA) is 44.1 Å². The highest BCUT2D eigenvalue weighted by Gasteiger charge is 2.38. The van der Waals surface area contributed by atoms with Crippen LogP contribution in [-0.2, 0) is 4.79 Å². The molecule has 1 aliphatic heterocycles. The molecule has 1 amide bonds. The number of amides is 1. The predicted octanol–water partition coefficient (Wildman–Crippen LogP) is 2.88. The maximum absolute atomic E-state index is 11.7. The van der Waals surface area contributed by atoms with E-state index in [0.717, 1.165) is 25.8 Å². The van der Waals surface area contributed by atoms with Crippen molar-refractivity contribution in [3.8, 4) is 6.07 Å². The van der Waals surface area contributed by atoms with Crippen LogP contribution in [0.2, 0.25) is 0 Å². The summed E-state index contributed by atoms with van der Waals surface area (Å²) >= 11 is 0. The van der Waals surface area contributed by atoms with Crippen LogP contribution < -0.4 is 0 Å². The highest BCUT2D eigenvalue weighted by atomic mass is 16.2. The van der Waals surface area contributed by atoms with Gasteiger partial charge in [0.1, 0.15) is 6.42 Å². The minimum Gasteiger partial charge on any atom is -0.338 e. The first-order valence-corrected chi connectivity index (χ1v) is 6.57. The molecule has 1 aliphatic carbocycles. The molecule has 2 atom stereocenters. The van der Waals surface area contributed by atoms with Crippen molar-refractivity contribution < 1.29 is 4.79 Å². The molecule has 0 radical (unpaired) electrons. The van der Waals surface area contributed by atoms with Crippen molar-refractivity contribution in [1.82, 2.24) is 4.90 Å². The Bertz CT molecular complexity index is 341. The monoisotopic (exact) mass is 234 g/mol. The molecule has 0 spiro atoms. The first-order valence-electron chi connectivity index (χ1n) is 6.57. The lowest BCUT2D eigenvalue weighted by Crippen LogP contribution is -2.38. The van der Waals surface area contributed by atoms with Crippen LogP contribution in [0, 0.1) is 17.2 Å². The standard InChI is InChI=1S/C12H16N2O.C2H6/c1-9-3-2-4-11-10(9)6-8-14(11)12(15)5-7-13;1-2/h3,10-11H,2,4-6,8H2,1H3;1-2H3. The SMILES string of the molecule is CC.CC1=CCCC2C1CCN2C(=O)CC#N. The van der Waals surface area contributed by atoms with Crippen LogP contribution >= 0.6 is 0 Å². The van der Waals surface area contributed by atoms with E-state index in [0.29, 0.717) is 12.0 Å². The number of nitriles is 1. The molecule has 94 valence electrons. The number of hydrogen-bond donors (Lipinski definition) is 0. The molecule has 2 unspecified atom stereocenters. The van der Waals surface area contributed by atoms with Crippen LogP contribution in [0.25, 0.3) is 0 Å². The molecule has 0 aromatic rings. The molecule has 0 aromatic carbocycles. The summed E-state index contributed by atoms with van der Waals surface area (Å²) in [6.45, 7) is 7.00. The quantitative estimate of drug-likeness (QED) is 0.655. The van der Waals surface area contributed by atoms with Gasteiger partial charge in [-0.3, -0.25) is 4.79 Å². The van der Waals surface area contributed by atoms with Gasteiger partial charge in [-0.1, -0.05) is 25.5 Å². The fraction of sp³-hybridized carbons (Fsp3) is 0.714. The maximum Gasteiger partial charge on any atom is 0.237 e. The molecule has 1 saturated heterocycles. The third-order valence-corrected chi connectivity index (χ3v) is 3.61. The summed E-state index contributed by atoms with van der Waals surface area (Å²) in [5, 5.41) is 8.54. The van der Waals surface area contributed by atoms with Crippen molar-refractivity contribution in [1.29, 1.82) is 5.26 Å². The van der Waals surface area contributed by atoms with Crippen LogP contribution in [0.1, 0.15) is 46.5 Å². The lowest BCUT2D eigenvalue weighted by atomic mass is 9.84. The Kier molecular flexibility index (Phi) is 5.21. The van der Waals surface area contributed by atoms with E-state index in [1.165, 1.54) is 5.57 Å². The molecule has 0 N–H and O–H groups in total. The Balaban J connectivity index is 0.000000686. The molecule has 1 fully saturated rings. The maximum atomic E-state index is 11.7. The number of nitrogens with zero attached hydrogens (tertiary/aromatic N) is 2. The molecule has 2 aliphatic rings. The van der Waals surface area contributed by atoms with E-state index in [9.17, 15) is 4.79 Å². The summed E-state index contributed by atoms with van der Waals surface area (Å²) < 4.78 is 0. The Morgan fingerprint density at radius 1 is 1.53 bits per heavy atom. The fourth-order valence-electron chi connectivity index (χ4n) is 2.85. The van der Waals surface area contributed by atoms with E-state index in [1.807, 2.05) is 24.8 Å². The summed E-state index contributed by atoms with van der Waals surface area (Å²) in [5.74, 6) is 0.570. The predicted molar refractivity (Wildman–Crippen MR) is 68.2 cm³/mol. The Labute approximate surface area is 104 Å². The summed E-state index contributed by atoms with van der Waals surface area (Å²) in [6.07, 6.45) is 5.54. The third-order valence-electron chi connectivity index (χ3n) is 3.61. The Hall–Kier alpha value is -1.30.